The number of rotatable bonds is 4. The number of carbonyl (C=O) groups is 1. The molecular formula is C14H12ClN3O3S. The number of sulfonamides is 1. The smallest absolute Gasteiger partial charge is 0.265 e. The van der Waals surface area contributed by atoms with Gasteiger partial charge in [-0.1, -0.05) is 17.7 Å². The Morgan fingerprint density at radius 3 is 2.77 bits per heavy atom. The van der Waals surface area contributed by atoms with Crippen LogP contribution in [0.5, 0.6) is 0 Å². The van der Waals surface area contributed by atoms with Gasteiger partial charge in [0.25, 0.3) is 10.0 Å². The number of hydrogen-bond donors (Lipinski definition) is 1. The van der Waals surface area contributed by atoms with E-state index in [-0.39, 0.29) is 21.8 Å². The van der Waals surface area contributed by atoms with Crippen molar-refractivity contribution in [2.45, 2.75) is 17.2 Å². The van der Waals surface area contributed by atoms with Gasteiger partial charge < -0.3 is 0 Å². The van der Waals surface area contributed by atoms with Gasteiger partial charge >= 0.3 is 0 Å². The van der Waals surface area contributed by atoms with Gasteiger partial charge in [-0.05, 0) is 30.0 Å². The molecule has 1 aliphatic rings. The van der Waals surface area contributed by atoms with E-state index in [1.165, 1.54) is 12.3 Å². The minimum absolute atomic E-state index is 0.0152. The zero-order valence-electron chi connectivity index (χ0n) is 11.3. The number of carbonyl (C=O) groups excluding carboxylic acids is 1. The Labute approximate surface area is 132 Å². The van der Waals surface area contributed by atoms with Crippen LogP contribution < -0.4 is 4.72 Å². The summed E-state index contributed by atoms with van der Waals surface area (Å²) in [6, 6.07) is 4.91. The second-order valence-corrected chi connectivity index (χ2v) is 7.16. The highest BCUT2D eigenvalue weighted by Crippen LogP contribution is 2.47. The van der Waals surface area contributed by atoms with Crippen molar-refractivity contribution < 1.29 is 13.2 Å². The predicted octanol–water partition coefficient (Wildman–Crippen LogP) is 1.74. The Morgan fingerprint density at radius 1 is 1.27 bits per heavy atom. The molecule has 0 unspecified atom stereocenters. The topological polar surface area (TPSA) is 89.0 Å². The molecule has 2 heterocycles. The summed E-state index contributed by atoms with van der Waals surface area (Å²) in [7, 11) is -3.95. The van der Waals surface area contributed by atoms with E-state index in [2.05, 4.69) is 14.7 Å². The number of aromatic nitrogens is 2. The van der Waals surface area contributed by atoms with Crippen LogP contribution in [0.15, 0.2) is 47.9 Å². The Kier molecular flexibility index (Phi) is 3.84. The van der Waals surface area contributed by atoms with Gasteiger partial charge in [0.05, 0.1) is 5.02 Å². The standard InChI is InChI=1S/C14H12ClN3O3S/c15-10-4-11(8-17-7-10)22(20,21)18-14(19)13-5-12(13)9-2-1-3-16-6-9/h1-4,6-8,12-13H,5H2,(H,18,19)/t12-,13+/m1/s1. The summed E-state index contributed by atoms with van der Waals surface area (Å²) in [5.74, 6) is -0.860. The summed E-state index contributed by atoms with van der Waals surface area (Å²) >= 11 is 5.72. The summed E-state index contributed by atoms with van der Waals surface area (Å²) in [6.07, 6.45) is 6.42. The van der Waals surface area contributed by atoms with Crippen molar-refractivity contribution in [1.29, 1.82) is 0 Å². The van der Waals surface area contributed by atoms with E-state index in [1.54, 1.807) is 18.5 Å². The number of nitrogens with zero attached hydrogens (tertiary/aromatic N) is 2. The SMILES string of the molecule is O=C(NS(=O)(=O)c1cncc(Cl)c1)[C@H]1C[C@@H]1c1cccnc1. The Morgan fingerprint density at radius 2 is 2.09 bits per heavy atom. The molecule has 0 aliphatic heterocycles. The molecule has 0 bridgehead atoms. The molecular weight excluding hydrogens is 326 g/mol. The van der Waals surface area contributed by atoms with Crippen molar-refractivity contribution in [3.8, 4) is 0 Å². The molecule has 3 rings (SSSR count). The molecule has 1 saturated carbocycles. The molecule has 114 valence electrons. The van der Waals surface area contributed by atoms with Gasteiger partial charge in [-0.3, -0.25) is 14.8 Å². The molecule has 6 nitrogen and oxygen atoms in total. The summed E-state index contributed by atoms with van der Waals surface area (Å²) in [6.45, 7) is 0. The maximum atomic E-state index is 12.1. The van der Waals surface area contributed by atoms with Crippen LogP contribution in [0.25, 0.3) is 0 Å². The van der Waals surface area contributed by atoms with E-state index in [0.29, 0.717) is 6.42 Å². The molecule has 0 spiro atoms. The summed E-state index contributed by atoms with van der Waals surface area (Å²) in [4.78, 5) is 19.7. The monoisotopic (exact) mass is 337 g/mol. The quantitative estimate of drug-likeness (QED) is 0.917. The number of hydrogen-bond acceptors (Lipinski definition) is 5. The predicted molar refractivity (Wildman–Crippen MR) is 79.7 cm³/mol. The zero-order chi connectivity index (χ0) is 15.7. The van der Waals surface area contributed by atoms with Crippen LogP contribution in [0.3, 0.4) is 0 Å². The van der Waals surface area contributed by atoms with E-state index in [9.17, 15) is 13.2 Å². The van der Waals surface area contributed by atoms with Crippen LogP contribution >= 0.6 is 11.6 Å². The highest BCUT2D eigenvalue weighted by atomic mass is 35.5. The Bertz CT molecular complexity index is 811. The van der Waals surface area contributed by atoms with Crippen LogP contribution in [0, 0.1) is 5.92 Å². The third-order valence-corrected chi connectivity index (χ3v) is 4.99. The lowest BCUT2D eigenvalue weighted by Crippen LogP contribution is -2.32. The lowest BCUT2D eigenvalue weighted by molar-refractivity contribution is -0.120. The first-order valence-electron chi connectivity index (χ1n) is 6.54. The van der Waals surface area contributed by atoms with Gasteiger partial charge in [0.1, 0.15) is 4.90 Å². The molecule has 0 aromatic carbocycles. The first kappa shape index (κ1) is 14.9. The Balaban J connectivity index is 1.70. The lowest BCUT2D eigenvalue weighted by Gasteiger charge is -2.06. The molecule has 2 aromatic rings. The van der Waals surface area contributed by atoms with Crippen molar-refractivity contribution in [1.82, 2.24) is 14.7 Å². The van der Waals surface area contributed by atoms with E-state index >= 15 is 0 Å². The molecule has 22 heavy (non-hydrogen) atoms. The van der Waals surface area contributed by atoms with Crippen molar-refractivity contribution in [2.24, 2.45) is 5.92 Å². The zero-order valence-corrected chi connectivity index (χ0v) is 12.9. The van der Waals surface area contributed by atoms with Crippen LogP contribution in [0.2, 0.25) is 5.02 Å². The van der Waals surface area contributed by atoms with E-state index in [4.69, 9.17) is 11.6 Å². The average Bonchev–Trinajstić information content (AvgIpc) is 3.28. The van der Waals surface area contributed by atoms with Crippen LogP contribution in [-0.4, -0.2) is 24.3 Å². The van der Waals surface area contributed by atoms with Crippen LogP contribution in [0.1, 0.15) is 17.9 Å². The first-order valence-corrected chi connectivity index (χ1v) is 8.40. The third kappa shape index (κ3) is 3.10. The summed E-state index contributed by atoms with van der Waals surface area (Å²) < 4.78 is 26.3. The molecule has 0 radical (unpaired) electrons. The fourth-order valence-corrected chi connectivity index (χ4v) is 3.51. The molecule has 1 N–H and O–H groups in total. The maximum absolute atomic E-state index is 12.1. The van der Waals surface area contributed by atoms with E-state index in [0.717, 1.165) is 11.8 Å². The molecule has 8 heteroatoms. The second kappa shape index (κ2) is 5.66. The second-order valence-electron chi connectivity index (χ2n) is 5.04. The normalized spacial score (nSPS) is 20.4. The summed E-state index contributed by atoms with van der Waals surface area (Å²) in [5, 5.41) is 0.190. The van der Waals surface area contributed by atoms with E-state index in [1.807, 2.05) is 6.07 Å². The maximum Gasteiger partial charge on any atom is 0.265 e. The number of nitrogens with one attached hydrogen (secondary N) is 1. The molecule has 0 saturated heterocycles. The van der Waals surface area contributed by atoms with Crippen molar-refractivity contribution >= 4 is 27.5 Å². The fourth-order valence-electron chi connectivity index (χ4n) is 2.25. The Hall–Kier alpha value is -1.99. The van der Waals surface area contributed by atoms with Gasteiger partial charge in [0.15, 0.2) is 0 Å². The van der Waals surface area contributed by atoms with Crippen molar-refractivity contribution in [3.05, 3.63) is 53.6 Å². The van der Waals surface area contributed by atoms with Gasteiger partial charge in [0.2, 0.25) is 5.91 Å². The number of halogens is 1. The van der Waals surface area contributed by atoms with Gasteiger partial charge in [-0.2, -0.15) is 0 Å². The van der Waals surface area contributed by atoms with Gasteiger partial charge in [0, 0.05) is 30.7 Å². The lowest BCUT2D eigenvalue weighted by atomic mass is 10.1. The van der Waals surface area contributed by atoms with Crippen molar-refractivity contribution in [2.75, 3.05) is 0 Å². The van der Waals surface area contributed by atoms with Crippen molar-refractivity contribution in [3.63, 3.8) is 0 Å². The largest absolute Gasteiger partial charge is 0.274 e. The molecule has 1 aliphatic carbocycles. The van der Waals surface area contributed by atoms with E-state index < -0.39 is 15.9 Å². The summed E-state index contributed by atoms with van der Waals surface area (Å²) in [5.41, 5.74) is 0.935. The van der Waals surface area contributed by atoms with Crippen LogP contribution in [-0.2, 0) is 14.8 Å². The number of amides is 1. The highest BCUT2D eigenvalue weighted by molar-refractivity contribution is 7.90. The minimum Gasteiger partial charge on any atom is -0.274 e. The average molecular weight is 338 g/mol. The third-order valence-electron chi connectivity index (χ3n) is 3.46. The first-order chi connectivity index (χ1) is 10.5. The number of pyridine rings is 2. The van der Waals surface area contributed by atoms with Crippen LogP contribution in [0.4, 0.5) is 0 Å². The highest BCUT2D eigenvalue weighted by Gasteiger charge is 2.45. The van der Waals surface area contributed by atoms with Gasteiger partial charge in [-0.25, -0.2) is 13.1 Å². The molecule has 1 amide bonds. The molecule has 2 atom stereocenters. The molecule has 2 aromatic heterocycles. The molecule has 1 fully saturated rings. The van der Waals surface area contributed by atoms with Gasteiger partial charge in [-0.15, -0.1) is 0 Å². The minimum atomic E-state index is -3.95. The fraction of sp³-hybridized carbons (Fsp3) is 0.214.